The van der Waals surface area contributed by atoms with Crippen LogP contribution in [0.25, 0.3) is 0 Å². The summed E-state index contributed by atoms with van der Waals surface area (Å²) in [4.78, 5) is 19.0. The molecule has 1 heterocycles. The summed E-state index contributed by atoms with van der Waals surface area (Å²) in [7, 11) is 0. The van der Waals surface area contributed by atoms with Gasteiger partial charge in [0.1, 0.15) is 17.8 Å². The van der Waals surface area contributed by atoms with E-state index in [4.69, 9.17) is 4.74 Å². The predicted octanol–water partition coefficient (Wildman–Crippen LogP) is 2.08. The molecule has 0 aliphatic heterocycles. The zero-order chi connectivity index (χ0) is 11.5. The SMILES string of the molecule is C/C(=N\C(=O)OC(C)(C)C)n1ccnc1. The number of carbonyl (C=O) groups is 1. The zero-order valence-corrected chi connectivity index (χ0v) is 9.39. The molecule has 0 aliphatic carbocycles. The van der Waals surface area contributed by atoms with Gasteiger partial charge in [-0.15, -0.1) is 0 Å². The quantitative estimate of drug-likeness (QED) is 0.485. The van der Waals surface area contributed by atoms with Crippen molar-refractivity contribution in [3.8, 4) is 0 Å². The average molecular weight is 209 g/mol. The Morgan fingerprint density at radius 2 is 2.13 bits per heavy atom. The highest BCUT2D eigenvalue weighted by Gasteiger charge is 2.15. The van der Waals surface area contributed by atoms with E-state index >= 15 is 0 Å². The molecular formula is C10H15N3O2. The Kier molecular flexibility index (Phi) is 3.24. The van der Waals surface area contributed by atoms with Gasteiger partial charge in [-0.1, -0.05) is 0 Å². The number of nitrogens with zero attached hydrogens (tertiary/aromatic N) is 3. The topological polar surface area (TPSA) is 56.5 Å². The largest absolute Gasteiger partial charge is 0.442 e. The lowest BCUT2D eigenvalue weighted by molar-refractivity contribution is 0.0604. The number of hydrogen-bond donors (Lipinski definition) is 0. The number of rotatable bonds is 0. The van der Waals surface area contributed by atoms with E-state index in [0.29, 0.717) is 5.84 Å². The molecule has 0 fully saturated rings. The van der Waals surface area contributed by atoms with Crippen molar-refractivity contribution in [2.24, 2.45) is 4.99 Å². The van der Waals surface area contributed by atoms with Gasteiger partial charge in [-0.25, -0.2) is 9.78 Å². The van der Waals surface area contributed by atoms with Crippen LogP contribution in [0.4, 0.5) is 4.79 Å². The Hall–Kier alpha value is -1.65. The zero-order valence-electron chi connectivity index (χ0n) is 9.39. The maximum atomic E-state index is 11.3. The standard InChI is InChI=1S/C10H15N3O2/c1-8(13-6-5-11-7-13)12-9(14)15-10(2,3)4/h5-7H,1-4H3/b12-8+. The lowest BCUT2D eigenvalue weighted by atomic mass is 10.2. The smallest absolute Gasteiger partial charge is 0.435 e. The average Bonchev–Trinajstić information content (AvgIpc) is 2.50. The van der Waals surface area contributed by atoms with Gasteiger partial charge in [0.15, 0.2) is 0 Å². The van der Waals surface area contributed by atoms with Crippen LogP contribution in [0.5, 0.6) is 0 Å². The Morgan fingerprint density at radius 1 is 1.47 bits per heavy atom. The Balaban J connectivity index is 2.68. The van der Waals surface area contributed by atoms with Crippen LogP contribution in [0.3, 0.4) is 0 Å². The second-order valence-corrected chi connectivity index (χ2v) is 4.11. The van der Waals surface area contributed by atoms with E-state index in [9.17, 15) is 4.79 Å². The van der Waals surface area contributed by atoms with Crippen molar-refractivity contribution in [2.45, 2.75) is 33.3 Å². The Labute approximate surface area is 88.8 Å². The van der Waals surface area contributed by atoms with Crippen molar-refractivity contribution >= 4 is 11.9 Å². The first kappa shape index (κ1) is 11.4. The fourth-order valence-corrected chi connectivity index (χ4v) is 0.925. The molecule has 0 radical (unpaired) electrons. The minimum atomic E-state index is -0.589. The number of ether oxygens (including phenoxy) is 1. The molecule has 0 N–H and O–H groups in total. The van der Waals surface area contributed by atoms with Gasteiger partial charge in [0.2, 0.25) is 0 Å². The normalized spacial score (nSPS) is 12.7. The van der Waals surface area contributed by atoms with Gasteiger partial charge in [0, 0.05) is 12.4 Å². The van der Waals surface area contributed by atoms with Crippen molar-refractivity contribution in [3.05, 3.63) is 18.7 Å². The molecule has 0 unspecified atom stereocenters. The summed E-state index contributed by atoms with van der Waals surface area (Å²) in [5, 5.41) is 0. The highest BCUT2D eigenvalue weighted by Crippen LogP contribution is 2.08. The number of imidazole rings is 1. The van der Waals surface area contributed by atoms with Gasteiger partial charge in [-0.2, -0.15) is 4.99 Å². The van der Waals surface area contributed by atoms with E-state index < -0.39 is 11.7 Å². The van der Waals surface area contributed by atoms with E-state index in [0.717, 1.165) is 0 Å². The van der Waals surface area contributed by atoms with Crippen molar-refractivity contribution in [1.29, 1.82) is 0 Å². The van der Waals surface area contributed by atoms with Gasteiger partial charge in [0.25, 0.3) is 0 Å². The van der Waals surface area contributed by atoms with Crippen LogP contribution in [-0.4, -0.2) is 27.1 Å². The second kappa shape index (κ2) is 4.25. The number of hydrogen-bond acceptors (Lipinski definition) is 3. The number of aromatic nitrogens is 2. The van der Waals surface area contributed by atoms with Crippen LogP contribution in [0.1, 0.15) is 27.7 Å². The lowest BCUT2D eigenvalue weighted by Crippen LogP contribution is -2.23. The molecule has 1 amide bonds. The molecule has 0 spiro atoms. The van der Waals surface area contributed by atoms with Crippen molar-refractivity contribution in [1.82, 2.24) is 9.55 Å². The number of amides is 1. The van der Waals surface area contributed by atoms with E-state index in [1.165, 1.54) is 0 Å². The summed E-state index contributed by atoms with van der Waals surface area (Å²) in [6.45, 7) is 7.11. The van der Waals surface area contributed by atoms with Crippen molar-refractivity contribution < 1.29 is 9.53 Å². The van der Waals surface area contributed by atoms with E-state index in [-0.39, 0.29) is 0 Å². The molecule has 0 aromatic carbocycles. The van der Waals surface area contributed by atoms with Crippen LogP contribution >= 0.6 is 0 Å². The van der Waals surface area contributed by atoms with E-state index in [2.05, 4.69) is 9.98 Å². The summed E-state index contributed by atoms with van der Waals surface area (Å²) in [5.74, 6) is 0.529. The summed E-state index contributed by atoms with van der Waals surface area (Å²) in [5.41, 5.74) is -0.518. The van der Waals surface area contributed by atoms with E-state index in [1.807, 2.05) is 0 Å². The minimum absolute atomic E-state index is 0.518. The maximum Gasteiger partial charge on any atom is 0.435 e. The van der Waals surface area contributed by atoms with Crippen LogP contribution in [-0.2, 0) is 4.74 Å². The molecule has 0 aliphatic rings. The van der Waals surface area contributed by atoms with Crippen LogP contribution in [0.2, 0.25) is 0 Å². The molecule has 0 atom stereocenters. The molecule has 0 saturated carbocycles. The first-order valence-electron chi connectivity index (χ1n) is 4.65. The molecule has 0 bridgehead atoms. The number of carbonyl (C=O) groups excluding carboxylic acids is 1. The molecule has 0 saturated heterocycles. The highest BCUT2D eigenvalue weighted by atomic mass is 16.6. The van der Waals surface area contributed by atoms with E-state index in [1.54, 1.807) is 51.0 Å². The Morgan fingerprint density at radius 3 is 2.60 bits per heavy atom. The van der Waals surface area contributed by atoms with Crippen LogP contribution in [0, 0.1) is 0 Å². The molecule has 1 aromatic rings. The van der Waals surface area contributed by atoms with Gasteiger partial charge < -0.3 is 4.74 Å². The molecule has 5 nitrogen and oxygen atoms in total. The van der Waals surface area contributed by atoms with Gasteiger partial charge >= 0.3 is 6.09 Å². The molecule has 1 rings (SSSR count). The molecule has 82 valence electrons. The molecule has 5 heteroatoms. The fraction of sp³-hybridized carbons (Fsp3) is 0.500. The highest BCUT2D eigenvalue weighted by molar-refractivity contribution is 5.91. The minimum Gasteiger partial charge on any atom is -0.442 e. The third kappa shape index (κ3) is 3.93. The first-order valence-corrected chi connectivity index (χ1v) is 4.65. The summed E-state index contributed by atoms with van der Waals surface area (Å²) >= 11 is 0. The van der Waals surface area contributed by atoms with Gasteiger partial charge in [-0.3, -0.25) is 4.57 Å². The van der Waals surface area contributed by atoms with Gasteiger partial charge in [-0.05, 0) is 27.7 Å². The summed E-state index contributed by atoms with van der Waals surface area (Å²) in [6.07, 6.45) is 4.31. The summed E-state index contributed by atoms with van der Waals surface area (Å²) in [6, 6.07) is 0. The Bertz CT molecular complexity index is 361. The monoisotopic (exact) mass is 209 g/mol. The fourth-order valence-electron chi connectivity index (χ4n) is 0.925. The van der Waals surface area contributed by atoms with Gasteiger partial charge in [0.05, 0.1) is 0 Å². The maximum absolute atomic E-state index is 11.3. The lowest BCUT2D eigenvalue weighted by Gasteiger charge is -2.17. The van der Waals surface area contributed by atoms with Crippen molar-refractivity contribution in [2.75, 3.05) is 0 Å². The number of aliphatic imine (C=N–C) groups is 1. The molecule has 1 aromatic heterocycles. The summed E-state index contributed by atoms with van der Waals surface area (Å²) < 4.78 is 6.69. The molecule has 15 heavy (non-hydrogen) atoms. The third-order valence-corrected chi connectivity index (χ3v) is 1.52. The third-order valence-electron chi connectivity index (χ3n) is 1.52. The predicted molar refractivity (Wildman–Crippen MR) is 57.0 cm³/mol. The first-order chi connectivity index (χ1) is 6.88. The molecular weight excluding hydrogens is 194 g/mol. The van der Waals surface area contributed by atoms with Crippen molar-refractivity contribution in [3.63, 3.8) is 0 Å². The second-order valence-electron chi connectivity index (χ2n) is 4.11. The van der Waals surface area contributed by atoms with Crippen LogP contribution in [0.15, 0.2) is 23.7 Å². The van der Waals surface area contributed by atoms with Crippen LogP contribution < -0.4 is 0 Å².